The van der Waals surface area contributed by atoms with Crippen LogP contribution in [0, 0.1) is 0 Å². The Labute approximate surface area is 169 Å². The number of nitrogens with one attached hydrogen (secondary N) is 1. The largest absolute Gasteiger partial charge is 0.508 e. The van der Waals surface area contributed by atoms with Crippen molar-refractivity contribution in [1.82, 2.24) is 19.8 Å². The number of aromatic hydroxyl groups is 1. The third kappa shape index (κ3) is 3.46. The molecular weight excluding hydrogens is 372 g/mol. The molecular formula is C21H22N4O2S. The number of benzene rings is 1. The van der Waals surface area contributed by atoms with Gasteiger partial charge in [0.25, 0.3) is 0 Å². The zero-order chi connectivity index (χ0) is 19.5. The number of aliphatic hydroxyl groups is 1. The Morgan fingerprint density at radius 2 is 1.89 bits per heavy atom. The van der Waals surface area contributed by atoms with Crippen LogP contribution in [0.5, 0.6) is 5.75 Å². The topological polar surface area (TPSA) is 73.5 Å². The summed E-state index contributed by atoms with van der Waals surface area (Å²) >= 11 is 5.62. The van der Waals surface area contributed by atoms with E-state index in [4.69, 9.17) is 12.2 Å². The van der Waals surface area contributed by atoms with E-state index in [-0.39, 0.29) is 24.4 Å². The number of rotatable bonds is 6. The molecule has 0 bridgehead atoms. The van der Waals surface area contributed by atoms with Gasteiger partial charge in [0.15, 0.2) is 5.11 Å². The molecule has 0 spiro atoms. The lowest BCUT2D eigenvalue weighted by molar-refractivity contribution is 0.245. The van der Waals surface area contributed by atoms with Crippen LogP contribution in [0.15, 0.2) is 67.0 Å². The molecule has 1 aromatic carbocycles. The molecule has 3 aromatic rings. The number of pyridine rings is 1. The third-order valence-electron chi connectivity index (χ3n) is 4.97. The average molecular weight is 395 g/mol. The van der Waals surface area contributed by atoms with E-state index in [1.54, 1.807) is 18.3 Å². The van der Waals surface area contributed by atoms with Crippen LogP contribution in [0.1, 0.15) is 29.9 Å². The van der Waals surface area contributed by atoms with Crippen LogP contribution >= 0.6 is 12.2 Å². The number of hydrogen-bond donors (Lipinski definition) is 3. The van der Waals surface area contributed by atoms with Crippen LogP contribution in [0.25, 0.3) is 5.69 Å². The predicted molar refractivity (Wildman–Crippen MR) is 111 cm³/mol. The summed E-state index contributed by atoms with van der Waals surface area (Å²) in [6.07, 6.45) is 4.42. The number of hydrogen-bond acceptors (Lipinski definition) is 4. The van der Waals surface area contributed by atoms with Gasteiger partial charge in [-0.1, -0.05) is 6.07 Å². The van der Waals surface area contributed by atoms with Gasteiger partial charge in [0.2, 0.25) is 0 Å². The van der Waals surface area contributed by atoms with Crippen molar-refractivity contribution in [2.24, 2.45) is 0 Å². The van der Waals surface area contributed by atoms with Crippen LogP contribution in [0.4, 0.5) is 0 Å². The Morgan fingerprint density at radius 1 is 1.07 bits per heavy atom. The van der Waals surface area contributed by atoms with Crippen LogP contribution in [0.3, 0.4) is 0 Å². The van der Waals surface area contributed by atoms with Gasteiger partial charge in [0, 0.05) is 36.9 Å². The van der Waals surface area contributed by atoms with Crippen molar-refractivity contribution in [3.63, 3.8) is 0 Å². The Balaban J connectivity index is 1.78. The first-order valence-corrected chi connectivity index (χ1v) is 9.65. The second-order valence-electron chi connectivity index (χ2n) is 6.72. The molecule has 4 rings (SSSR count). The minimum Gasteiger partial charge on any atom is -0.508 e. The average Bonchev–Trinajstić information content (AvgIpc) is 3.32. The van der Waals surface area contributed by atoms with E-state index < -0.39 is 0 Å². The van der Waals surface area contributed by atoms with E-state index in [1.165, 1.54) is 0 Å². The zero-order valence-electron chi connectivity index (χ0n) is 15.3. The fourth-order valence-corrected chi connectivity index (χ4v) is 4.02. The summed E-state index contributed by atoms with van der Waals surface area (Å²) < 4.78 is 2.10. The monoisotopic (exact) mass is 394 g/mol. The number of aliphatic hydroxyl groups excluding tert-OH is 1. The van der Waals surface area contributed by atoms with Gasteiger partial charge in [-0.05, 0) is 67.2 Å². The fourth-order valence-electron chi connectivity index (χ4n) is 3.69. The highest BCUT2D eigenvalue weighted by Crippen LogP contribution is 2.39. The van der Waals surface area contributed by atoms with Gasteiger partial charge < -0.3 is 25.0 Å². The van der Waals surface area contributed by atoms with Crippen LogP contribution in [0.2, 0.25) is 0 Å². The molecule has 1 aliphatic rings. The van der Waals surface area contributed by atoms with Crippen molar-refractivity contribution in [3.8, 4) is 11.4 Å². The van der Waals surface area contributed by atoms with Crippen LogP contribution in [-0.4, -0.2) is 42.9 Å². The Bertz CT molecular complexity index is 943. The molecule has 0 aliphatic carbocycles. The lowest BCUT2D eigenvalue weighted by Gasteiger charge is -2.28. The smallest absolute Gasteiger partial charge is 0.170 e. The molecule has 1 aliphatic heterocycles. The van der Waals surface area contributed by atoms with E-state index in [9.17, 15) is 10.2 Å². The van der Waals surface area contributed by atoms with E-state index in [1.807, 2.05) is 42.6 Å². The molecule has 0 amide bonds. The van der Waals surface area contributed by atoms with Crippen LogP contribution < -0.4 is 5.32 Å². The maximum absolute atomic E-state index is 9.62. The number of phenolic OH excluding ortho intramolecular Hbond substituents is 1. The fraction of sp³-hybridized carbons (Fsp3) is 0.238. The molecule has 2 atom stereocenters. The number of phenols is 1. The van der Waals surface area contributed by atoms with E-state index in [0.29, 0.717) is 18.1 Å². The van der Waals surface area contributed by atoms with Gasteiger partial charge in [0.1, 0.15) is 5.75 Å². The highest BCUT2D eigenvalue weighted by molar-refractivity contribution is 7.80. The van der Waals surface area contributed by atoms with E-state index >= 15 is 0 Å². The Morgan fingerprint density at radius 3 is 2.61 bits per heavy atom. The van der Waals surface area contributed by atoms with E-state index in [0.717, 1.165) is 17.1 Å². The lowest BCUT2D eigenvalue weighted by Crippen LogP contribution is -2.31. The predicted octanol–water partition coefficient (Wildman–Crippen LogP) is 2.93. The van der Waals surface area contributed by atoms with Gasteiger partial charge >= 0.3 is 0 Å². The van der Waals surface area contributed by atoms with Gasteiger partial charge in [-0.25, -0.2) is 0 Å². The Kier molecular flexibility index (Phi) is 5.27. The normalized spacial score (nSPS) is 19.0. The molecule has 0 unspecified atom stereocenters. The molecule has 1 fully saturated rings. The zero-order valence-corrected chi connectivity index (χ0v) is 16.1. The molecule has 1 saturated heterocycles. The van der Waals surface area contributed by atoms with Crippen molar-refractivity contribution in [2.45, 2.75) is 18.5 Å². The molecule has 0 radical (unpaired) electrons. The standard InChI is InChI=1S/C21H22N4O2S/c26-14-4-13-25-20(19(23-21(25)28)17-5-1-2-11-22-17)18-6-3-12-24(18)15-7-9-16(27)10-8-15/h1-3,5-12,19-20,26-27H,4,13-14H2,(H,23,28)/t19-,20-/m0/s1. The molecule has 28 heavy (non-hydrogen) atoms. The summed E-state index contributed by atoms with van der Waals surface area (Å²) in [5.74, 6) is 0.233. The van der Waals surface area contributed by atoms with Crippen molar-refractivity contribution in [3.05, 3.63) is 78.4 Å². The quantitative estimate of drug-likeness (QED) is 0.559. The number of thiocarbonyl (C=S) groups is 1. The first-order chi connectivity index (χ1) is 13.7. The second kappa shape index (κ2) is 8.00. The maximum atomic E-state index is 9.62. The number of aromatic nitrogens is 2. The molecule has 2 aromatic heterocycles. The molecule has 7 heteroatoms. The Hall–Kier alpha value is -2.90. The van der Waals surface area contributed by atoms with Crippen molar-refractivity contribution in [2.75, 3.05) is 13.2 Å². The minimum absolute atomic E-state index is 0.0715. The number of nitrogens with zero attached hydrogens (tertiary/aromatic N) is 3. The molecule has 6 nitrogen and oxygen atoms in total. The van der Waals surface area contributed by atoms with Gasteiger partial charge in [-0.15, -0.1) is 0 Å². The highest BCUT2D eigenvalue weighted by Gasteiger charge is 2.40. The minimum atomic E-state index is -0.0989. The summed E-state index contributed by atoms with van der Waals surface area (Å²) in [5, 5.41) is 23.0. The first-order valence-electron chi connectivity index (χ1n) is 9.24. The molecule has 3 heterocycles. The summed E-state index contributed by atoms with van der Waals surface area (Å²) in [4.78, 5) is 6.67. The van der Waals surface area contributed by atoms with Gasteiger partial charge in [0.05, 0.1) is 17.8 Å². The SMILES string of the molecule is OCCCN1C(=S)N[C@@H](c2ccccn2)[C@@H]1c1cccn1-c1ccc(O)cc1. The van der Waals surface area contributed by atoms with Crippen molar-refractivity contribution < 1.29 is 10.2 Å². The van der Waals surface area contributed by atoms with Crippen LogP contribution in [-0.2, 0) is 0 Å². The molecule has 3 N–H and O–H groups in total. The lowest BCUT2D eigenvalue weighted by atomic mass is 10.0. The van der Waals surface area contributed by atoms with Gasteiger partial charge in [-0.3, -0.25) is 4.98 Å². The molecule has 0 saturated carbocycles. The van der Waals surface area contributed by atoms with E-state index in [2.05, 4.69) is 25.8 Å². The van der Waals surface area contributed by atoms with Gasteiger partial charge in [-0.2, -0.15) is 0 Å². The van der Waals surface area contributed by atoms with Crippen molar-refractivity contribution >= 4 is 17.3 Å². The van der Waals surface area contributed by atoms with Crippen molar-refractivity contribution in [1.29, 1.82) is 0 Å². The first kappa shape index (κ1) is 18.5. The summed E-state index contributed by atoms with van der Waals surface area (Å²) in [6, 6.07) is 16.9. The molecule has 144 valence electrons. The summed E-state index contributed by atoms with van der Waals surface area (Å²) in [5.41, 5.74) is 2.93. The highest BCUT2D eigenvalue weighted by atomic mass is 32.1. The maximum Gasteiger partial charge on any atom is 0.170 e. The third-order valence-corrected chi connectivity index (χ3v) is 5.32. The summed E-state index contributed by atoms with van der Waals surface area (Å²) in [6.45, 7) is 0.760. The second-order valence-corrected chi connectivity index (χ2v) is 7.10. The summed E-state index contributed by atoms with van der Waals surface area (Å²) in [7, 11) is 0.